The van der Waals surface area contributed by atoms with Crippen LogP contribution in [-0.4, -0.2) is 25.5 Å². The van der Waals surface area contributed by atoms with Gasteiger partial charge in [0, 0.05) is 0 Å². The van der Waals surface area contributed by atoms with Gasteiger partial charge in [0.1, 0.15) is 0 Å². The Labute approximate surface area is 273 Å². The van der Waals surface area contributed by atoms with Gasteiger partial charge in [-0.2, -0.15) is 0 Å². The van der Waals surface area contributed by atoms with Crippen molar-refractivity contribution in [1.82, 2.24) is 4.90 Å². The smallest absolute Gasteiger partial charge is 0.00220 e. The van der Waals surface area contributed by atoms with E-state index in [-0.39, 0.29) is 0 Å². The highest BCUT2D eigenvalue weighted by atomic mass is 15.0. The van der Waals surface area contributed by atoms with E-state index in [9.17, 15) is 0 Å². The summed E-state index contributed by atoms with van der Waals surface area (Å²) in [5, 5.41) is 0. The van der Waals surface area contributed by atoms with Gasteiger partial charge in [0.2, 0.25) is 0 Å². The number of allylic oxidation sites excluding steroid dienone is 8. The van der Waals surface area contributed by atoms with Crippen molar-refractivity contribution < 1.29 is 0 Å². The van der Waals surface area contributed by atoms with Gasteiger partial charge in [0.15, 0.2) is 0 Å². The van der Waals surface area contributed by atoms with Crippen molar-refractivity contribution in [2.45, 2.75) is 187 Å². The molecular formula is C42H78N. The maximum Gasteiger partial charge on any atom is -0.00220 e. The monoisotopic (exact) mass is 597 g/mol. The molecule has 0 aromatic heterocycles. The fourth-order valence-corrected chi connectivity index (χ4v) is 5.74. The minimum atomic E-state index is 0.843. The van der Waals surface area contributed by atoms with Crippen molar-refractivity contribution in [2.24, 2.45) is 5.92 Å². The maximum atomic E-state index is 2.67. The molecule has 0 N–H and O–H groups in total. The first-order valence-electron chi connectivity index (χ1n) is 19.3. The van der Waals surface area contributed by atoms with Crippen molar-refractivity contribution in [1.29, 1.82) is 0 Å². The highest BCUT2D eigenvalue weighted by Crippen LogP contribution is 2.23. The van der Waals surface area contributed by atoms with E-state index in [1.165, 1.54) is 167 Å². The van der Waals surface area contributed by atoms with Crippen molar-refractivity contribution in [3.8, 4) is 0 Å². The Morgan fingerprint density at radius 3 is 1.12 bits per heavy atom. The van der Waals surface area contributed by atoms with Gasteiger partial charge < -0.3 is 4.90 Å². The van der Waals surface area contributed by atoms with E-state index in [1.54, 1.807) is 0 Å². The van der Waals surface area contributed by atoms with Gasteiger partial charge in [-0.15, -0.1) is 0 Å². The molecule has 0 aliphatic heterocycles. The summed E-state index contributed by atoms with van der Waals surface area (Å²) in [5.74, 6) is 0.843. The first kappa shape index (κ1) is 41.9. The van der Waals surface area contributed by atoms with Crippen molar-refractivity contribution in [3.63, 3.8) is 0 Å². The summed E-state index contributed by atoms with van der Waals surface area (Å²) >= 11 is 0. The molecule has 1 heteroatoms. The summed E-state index contributed by atoms with van der Waals surface area (Å²) in [6.45, 7) is 5.75. The summed E-state index contributed by atoms with van der Waals surface area (Å²) in [4.78, 5) is 2.33. The van der Waals surface area contributed by atoms with E-state index in [1.807, 2.05) is 0 Å². The largest absolute Gasteiger partial charge is 0.309 e. The fraction of sp³-hybridized carbons (Fsp3) is 0.786. The molecule has 0 spiro atoms. The summed E-state index contributed by atoms with van der Waals surface area (Å²) < 4.78 is 0. The second-order valence-corrected chi connectivity index (χ2v) is 13.3. The normalized spacial score (nSPS) is 13.2. The zero-order valence-electron chi connectivity index (χ0n) is 30.0. The molecule has 1 radical (unpaired) electrons. The third-order valence-electron chi connectivity index (χ3n) is 8.63. The number of nitrogens with zero attached hydrogens (tertiary/aromatic N) is 1. The van der Waals surface area contributed by atoms with Crippen LogP contribution in [0.1, 0.15) is 187 Å². The third-order valence-corrected chi connectivity index (χ3v) is 8.63. The molecule has 0 heterocycles. The van der Waals surface area contributed by atoms with E-state index in [0.29, 0.717) is 0 Å². The van der Waals surface area contributed by atoms with Crippen LogP contribution in [0.15, 0.2) is 48.6 Å². The van der Waals surface area contributed by atoms with Gasteiger partial charge >= 0.3 is 0 Å². The van der Waals surface area contributed by atoms with Crippen LogP contribution < -0.4 is 0 Å². The molecule has 0 aromatic rings. The van der Waals surface area contributed by atoms with Crippen molar-refractivity contribution >= 4 is 0 Å². The van der Waals surface area contributed by atoms with Crippen molar-refractivity contribution in [2.75, 3.05) is 20.6 Å². The lowest BCUT2D eigenvalue weighted by molar-refractivity contribution is 0.383. The lowest BCUT2D eigenvalue weighted by Gasteiger charge is -2.18. The Balaban J connectivity index is 3.77. The third kappa shape index (κ3) is 37.0. The Morgan fingerprint density at radius 1 is 0.395 bits per heavy atom. The zero-order chi connectivity index (χ0) is 31.3. The predicted octanol–water partition coefficient (Wildman–Crippen LogP) is 14.2. The topological polar surface area (TPSA) is 3.24 Å². The number of unbranched alkanes of at least 4 members (excludes halogenated alkanes) is 18. The Morgan fingerprint density at radius 2 is 0.744 bits per heavy atom. The van der Waals surface area contributed by atoms with E-state index in [2.05, 4.69) is 87.9 Å². The van der Waals surface area contributed by atoms with Gasteiger partial charge in [-0.3, -0.25) is 0 Å². The Hall–Kier alpha value is -1.08. The molecule has 0 saturated heterocycles. The summed E-state index contributed by atoms with van der Waals surface area (Å²) in [7, 11) is 4.40. The summed E-state index contributed by atoms with van der Waals surface area (Å²) in [6.07, 6.45) is 58.0. The van der Waals surface area contributed by atoms with Gasteiger partial charge in [0.05, 0.1) is 0 Å². The van der Waals surface area contributed by atoms with Gasteiger partial charge in [-0.1, -0.05) is 165 Å². The molecule has 0 bridgehead atoms. The number of hydrogen-bond donors (Lipinski definition) is 0. The van der Waals surface area contributed by atoms with E-state index < -0.39 is 0 Å². The average Bonchev–Trinajstić information content (AvgIpc) is 3.00. The van der Waals surface area contributed by atoms with Crippen LogP contribution in [0.2, 0.25) is 0 Å². The molecule has 0 fully saturated rings. The van der Waals surface area contributed by atoms with Crippen LogP contribution in [-0.2, 0) is 0 Å². The highest BCUT2D eigenvalue weighted by Gasteiger charge is 2.09. The van der Waals surface area contributed by atoms with Gasteiger partial charge in [0.25, 0.3) is 0 Å². The fourth-order valence-electron chi connectivity index (χ4n) is 5.74. The maximum absolute atomic E-state index is 2.67. The lowest BCUT2D eigenvalue weighted by Crippen LogP contribution is -2.14. The van der Waals surface area contributed by atoms with Gasteiger partial charge in [-0.05, 0) is 104 Å². The molecule has 0 aromatic carbocycles. The van der Waals surface area contributed by atoms with Crippen LogP contribution in [0.4, 0.5) is 0 Å². The van der Waals surface area contributed by atoms with Crippen LogP contribution in [0.25, 0.3) is 0 Å². The van der Waals surface area contributed by atoms with E-state index >= 15 is 0 Å². The standard InChI is InChI=1S/C42H78N/c1-5-7-9-11-13-15-17-19-21-22-24-26-28-30-32-34-36-39-42(40-37-41-43(3)4)38-35-33-31-29-27-25-23-20-18-16-14-12-10-8-6-2/h13-16,19-21,23,40,42H,5-12,17-18,22,24-39,41H2,1-4H3/b15-13-,16-14-,21-19-,23-20-. The molecular weight excluding hydrogens is 518 g/mol. The summed E-state index contributed by atoms with van der Waals surface area (Å²) in [5.41, 5.74) is 0. The molecule has 1 atom stereocenters. The second kappa shape index (κ2) is 37.1. The second-order valence-electron chi connectivity index (χ2n) is 13.3. The average molecular weight is 597 g/mol. The van der Waals surface area contributed by atoms with Crippen molar-refractivity contribution in [3.05, 3.63) is 55.0 Å². The van der Waals surface area contributed by atoms with Crippen LogP contribution in [0.5, 0.6) is 0 Å². The lowest BCUT2D eigenvalue weighted by atomic mass is 9.90. The minimum absolute atomic E-state index is 0.843. The molecule has 0 rings (SSSR count). The van der Waals surface area contributed by atoms with Crippen LogP contribution >= 0.6 is 0 Å². The molecule has 1 unspecified atom stereocenters. The molecule has 0 aliphatic rings. The molecule has 0 amide bonds. The Bertz CT molecular complexity index is 625. The predicted molar refractivity (Wildman–Crippen MR) is 199 cm³/mol. The van der Waals surface area contributed by atoms with Gasteiger partial charge in [-0.25, -0.2) is 0 Å². The molecule has 1 nitrogen and oxygen atoms in total. The molecule has 0 saturated carbocycles. The summed E-state index contributed by atoms with van der Waals surface area (Å²) in [6, 6.07) is 0. The number of rotatable bonds is 34. The zero-order valence-corrected chi connectivity index (χ0v) is 30.0. The molecule has 43 heavy (non-hydrogen) atoms. The number of hydrogen-bond acceptors (Lipinski definition) is 1. The van der Waals surface area contributed by atoms with Crippen LogP contribution in [0, 0.1) is 12.3 Å². The molecule has 251 valence electrons. The van der Waals surface area contributed by atoms with E-state index in [0.717, 1.165) is 18.8 Å². The quantitative estimate of drug-likeness (QED) is 0.0527. The van der Waals surface area contributed by atoms with E-state index in [4.69, 9.17) is 0 Å². The first-order valence-corrected chi connectivity index (χ1v) is 19.3. The minimum Gasteiger partial charge on any atom is -0.309 e. The Kier molecular flexibility index (Phi) is 36.2. The first-order chi connectivity index (χ1) is 21.2. The highest BCUT2D eigenvalue weighted by molar-refractivity contribution is 4.93. The van der Waals surface area contributed by atoms with Crippen LogP contribution in [0.3, 0.4) is 0 Å². The SMILES string of the molecule is CCCCC/C=C\C/C=C\CCCCCCCCCC([CH]CCN(C)C)CCCCCCC/C=C\C/C=C\CCCCC. The molecule has 0 aliphatic carbocycles.